The second-order valence-corrected chi connectivity index (χ2v) is 3.90. The van der Waals surface area contributed by atoms with Gasteiger partial charge in [0.25, 0.3) is 0 Å². The van der Waals surface area contributed by atoms with E-state index in [4.69, 9.17) is 5.11 Å². The molecule has 1 saturated carbocycles. The van der Waals surface area contributed by atoms with Gasteiger partial charge in [0.15, 0.2) is 0 Å². The van der Waals surface area contributed by atoms with Gasteiger partial charge in [0.1, 0.15) is 0 Å². The van der Waals surface area contributed by atoms with E-state index in [2.05, 4.69) is 18.7 Å². The molecule has 0 bridgehead atoms. The summed E-state index contributed by atoms with van der Waals surface area (Å²) < 4.78 is 0. The van der Waals surface area contributed by atoms with Gasteiger partial charge in [-0.3, -0.25) is 4.79 Å². The number of hydrogen-bond donors (Lipinski definition) is 1. The summed E-state index contributed by atoms with van der Waals surface area (Å²) in [7, 11) is 0. The molecule has 0 aliphatic heterocycles. The first-order chi connectivity index (χ1) is 6.14. The van der Waals surface area contributed by atoms with E-state index in [-0.39, 0.29) is 0 Å². The quantitative estimate of drug-likeness (QED) is 0.707. The molecule has 0 heterocycles. The molecule has 0 aromatic carbocycles. The maximum absolute atomic E-state index is 11.0. The van der Waals surface area contributed by atoms with E-state index in [1.807, 2.05) is 0 Å². The van der Waals surface area contributed by atoms with Gasteiger partial charge < -0.3 is 10.0 Å². The fourth-order valence-corrected chi connectivity index (χ4v) is 1.92. The molecule has 3 heteroatoms. The van der Waals surface area contributed by atoms with Crippen molar-refractivity contribution in [2.24, 2.45) is 5.41 Å². The Bertz CT molecular complexity index is 183. The maximum Gasteiger partial charge on any atom is 0.310 e. The van der Waals surface area contributed by atoms with E-state index in [1.165, 1.54) is 0 Å². The maximum atomic E-state index is 11.0. The van der Waals surface area contributed by atoms with E-state index in [1.54, 1.807) is 0 Å². The number of carbonyl (C=O) groups is 1. The van der Waals surface area contributed by atoms with Crippen molar-refractivity contribution < 1.29 is 9.90 Å². The molecule has 0 spiro atoms. The molecule has 1 N–H and O–H groups in total. The highest BCUT2D eigenvalue weighted by molar-refractivity contribution is 5.76. The highest BCUT2D eigenvalue weighted by atomic mass is 16.4. The molecular weight excluding hydrogens is 166 g/mol. The number of hydrogen-bond acceptors (Lipinski definition) is 2. The molecule has 1 aliphatic rings. The molecule has 1 rings (SSSR count). The predicted molar refractivity (Wildman–Crippen MR) is 51.7 cm³/mol. The minimum Gasteiger partial charge on any atom is -0.481 e. The third kappa shape index (κ3) is 2.02. The SMILES string of the molecule is CCN(CC)CC1(C(=O)O)CCC1. The Kier molecular flexibility index (Phi) is 3.31. The minimum atomic E-state index is -0.606. The standard InChI is InChI=1S/C10H19NO2/c1-3-11(4-2)8-10(9(12)13)6-5-7-10/h3-8H2,1-2H3,(H,12,13). The van der Waals surface area contributed by atoms with Gasteiger partial charge in [-0.05, 0) is 25.9 Å². The first-order valence-electron chi connectivity index (χ1n) is 5.10. The normalized spacial score (nSPS) is 19.9. The lowest BCUT2D eigenvalue weighted by Gasteiger charge is -2.41. The molecular formula is C10H19NO2. The smallest absolute Gasteiger partial charge is 0.310 e. The summed E-state index contributed by atoms with van der Waals surface area (Å²) in [6.45, 7) is 6.79. The van der Waals surface area contributed by atoms with Crippen LogP contribution < -0.4 is 0 Å². The van der Waals surface area contributed by atoms with Crippen LogP contribution in [0.3, 0.4) is 0 Å². The third-order valence-corrected chi connectivity index (χ3v) is 3.19. The van der Waals surface area contributed by atoms with Gasteiger partial charge in [0.05, 0.1) is 5.41 Å². The average Bonchev–Trinajstić information content (AvgIpc) is 2.03. The Morgan fingerprint density at radius 3 is 2.15 bits per heavy atom. The zero-order chi connectivity index (χ0) is 9.90. The highest BCUT2D eigenvalue weighted by Crippen LogP contribution is 2.41. The Hall–Kier alpha value is -0.570. The molecule has 0 aromatic heterocycles. The topological polar surface area (TPSA) is 40.5 Å². The van der Waals surface area contributed by atoms with Crippen LogP contribution in [-0.4, -0.2) is 35.6 Å². The molecule has 0 saturated heterocycles. The zero-order valence-electron chi connectivity index (χ0n) is 8.55. The molecule has 1 aliphatic carbocycles. The molecule has 0 atom stereocenters. The Morgan fingerprint density at radius 2 is 1.92 bits per heavy atom. The first-order valence-corrected chi connectivity index (χ1v) is 5.10. The van der Waals surface area contributed by atoms with Crippen molar-refractivity contribution >= 4 is 5.97 Å². The van der Waals surface area contributed by atoms with Crippen LogP contribution in [0.5, 0.6) is 0 Å². The fraction of sp³-hybridized carbons (Fsp3) is 0.900. The molecule has 76 valence electrons. The predicted octanol–water partition coefficient (Wildman–Crippen LogP) is 1.58. The van der Waals surface area contributed by atoms with Crippen LogP contribution in [0.25, 0.3) is 0 Å². The van der Waals surface area contributed by atoms with Gasteiger partial charge in [-0.15, -0.1) is 0 Å². The molecule has 3 nitrogen and oxygen atoms in total. The summed E-state index contributed by atoms with van der Waals surface area (Å²) >= 11 is 0. The Labute approximate surface area is 79.7 Å². The second-order valence-electron chi connectivity index (χ2n) is 3.90. The van der Waals surface area contributed by atoms with Crippen LogP contribution in [0.1, 0.15) is 33.1 Å². The lowest BCUT2D eigenvalue weighted by atomic mass is 9.68. The van der Waals surface area contributed by atoms with Crippen molar-refractivity contribution in [3.8, 4) is 0 Å². The van der Waals surface area contributed by atoms with Crippen molar-refractivity contribution in [1.82, 2.24) is 4.90 Å². The van der Waals surface area contributed by atoms with Crippen LogP contribution in [0.4, 0.5) is 0 Å². The van der Waals surface area contributed by atoms with E-state index >= 15 is 0 Å². The van der Waals surface area contributed by atoms with Crippen LogP contribution in [0, 0.1) is 5.41 Å². The lowest BCUT2D eigenvalue weighted by molar-refractivity contribution is -0.156. The molecule has 0 unspecified atom stereocenters. The molecule has 0 aromatic rings. The summed E-state index contributed by atoms with van der Waals surface area (Å²) in [5.41, 5.74) is -0.411. The Morgan fingerprint density at radius 1 is 1.38 bits per heavy atom. The number of aliphatic carboxylic acids is 1. The summed E-state index contributed by atoms with van der Waals surface area (Å²) in [5, 5.41) is 9.10. The van der Waals surface area contributed by atoms with Gasteiger partial charge in [0.2, 0.25) is 0 Å². The molecule has 0 radical (unpaired) electrons. The van der Waals surface area contributed by atoms with Gasteiger partial charge in [-0.2, -0.15) is 0 Å². The fourth-order valence-electron chi connectivity index (χ4n) is 1.92. The van der Waals surface area contributed by atoms with Crippen LogP contribution >= 0.6 is 0 Å². The lowest BCUT2D eigenvalue weighted by Crippen LogP contribution is -2.47. The number of rotatable bonds is 5. The van der Waals surface area contributed by atoms with Crippen LogP contribution in [0.2, 0.25) is 0 Å². The van der Waals surface area contributed by atoms with Crippen LogP contribution in [-0.2, 0) is 4.79 Å². The van der Waals surface area contributed by atoms with Gasteiger partial charge in [-0.1, -0.05) is 20.3 Å². The van der Waals surface area contributed by atoms with E-state index in [0.29, 0.717) is 0 Å². The number of carboxylic acid groups (broad SMARTS) is 1. The van der Waals surface area contributed by atoms with Gasteiger partial charge >= 0.3 is 5.97 Å². The third-order valence-electron chi connectivity index (χ3n) is 3.19. The zero-order valence-corrected chi connectivity index (χ0v) is 8.55. The first kappa shape index (κ1) is 10.5. The number of nitrogens with zero attached hydrogens (tertiary/aromatic N) is 1. The minimum absolute atomic E-state index is 0.411. The second kappa shape index (κ2) is 4.09. The Balaban J connectivity index is 2.52. The highest BCUT2D eigenvalue weighted by Gasteiger charge is 2.44. The number of carboxylic acids is 1. The van der Waals surface area contributed by atoms with Crippen molar-refractivity contribution in [2.45, 2.75) is 33.1 Å². The summed E-state index contributed by atoms with van der Waals surface area (Å²) in [4.78, 5) is 13.2. The summed E-state index contributed by atoms with van der Waals surface area (Å²) in [6, 6.07) is 0. The summed E-state index contributed by atoms with van der Waals surface area (Å²) in [6.07, 6.45) is 2.80. The van der Waals surface area contributed by atoms with E-state index in [0.717, 1.165) is 38.9 Å². The molecule has 1 fully saturated rings. The van der Waals surface area contributed by atoms with Crippen molar-refractivity contribution in [1.29, 1.82) is 0 Å². The van der Waals surface area contributed by atoms with Crippen molar-refractivity contribution in [3.63, 3.8) is 0 Å². The van der Waals surface area contributed by atoms with Crippen molar-refractivity contribution in [2.75, 3.05) is 19.6 Å². The summed E-state index contributed by atoms with van der Waals surface area (Å²) in [5.74, 6) is -0.606. The molecule has 0 amide bonds. The van der Waals surface area contributed by atoms with Gasteiger partial charge in [-0.25, -0.2) is 0 Å². The molecule has 13 heavy (non-hydrogen) atoms. The van der Waals surface area contributed by atoms with Crippen LogP contribution in [0.15, 0.2) is 0 Å². The van der Waals surface area contributed by atoms with E-state index in [9.17, 15) is 4.79 Å². The largest absolute Gasteiger partial charge is 0.481 e. The monoisotopic (exact) mass is 185 g/mol. The average molecular weight is 185 g/mol. The van der Waals surface area contributed by atoms with E-state index < -0.39 is 11.4 Å². The van der Waals surface area contributed by atoms with Gasteiger partial charge in [0, 0.05) is 6.54 Å². The van der Waals surface area contributed by atoms with Crippen molar-refractivity contribution in [3.05, 3.63) is 0 Å².